The van der Waals surface area contributed by atoms with Crippen LogP contribution < -0.4 is 5.32 Å². The summed E-state index contributed by atoms with van der Waals surface area (Å²) in [6.45, 7) is 1.09. The van der Waals surface area contributed by atoms with Crippen molar-refractivity contribution >= 4 is 15.9 Å². The first kappa shape index (κ1) is 13.5. The second-order valence-corrected chi connectivity index (χ2v) is 4.19. The van der Waals surface area contributed by atoms with Gasteiger partial charge in [0.05, 0.1) is 6.61 Å². The third kappa shape index (κ3) is 6.15. The van der Waals surface area contributed by atoms with Gasteiger partial charge in [0.2, 0.25) is 0 Å². The molecule has 1 aromatic rings. The Hall–Kier alpha value is -0.520. The van der Waals surface area contributed by atoms with Crippen LogP contribution in [0.4, 0.5) is 8.78 Å². The summed E-state index contributed by atoms with van der Waals surface area (Å²) >= 11 is 3.38. The molecule has 5 heteroatoms. The molecule has 0 spiro atoms. The van der Waals surface area contributed by atoms with Crippen molar-refractivity contribution in [1.29, 1.82) is 0 Å². The van der Waals surface area contributed by atoms with E-state index in [9.17, 15) is 8.78 Å². The van der Waals surface area contributed by atoms with E-state index < -0.39 is 13.0 Å². The molecule has 0 aromatic heterocycles. The summed E-state index contributed by atoms with van der Waals surface area (Å²) in [5, 5.41) is 3.11. The van der Waals surface area contributed by atoms with Crippen molar-refractivity contribution < 1.29 is 13.5 Å². The van der Waals surface area contributed by atoms with E-state index in [0.717, 1.165) is 10.0 Å². The first-order valence-corrected chi connectivity index (χ1v) is 5.79. The third-order valence-electron chi connectivity index (χ3n) is 1.89. The van der Waals surface area contributed by atoms with E-state index in [4.69, 9.17) is 4.74 Å². The average Bonchev–Trinajstić information content (AvgIpc) is 2.23. The summed E-state index contributed by atoms with van der Waals surface area (Å²) in [5.74, 6) is 0. The number of nitrogens with one attached hydrogen (secondary N) is 1. The molecule has 0 saturated heterocycles. The zero-order chi connectivity index (χ0) is 11.8. The lowest BCUT2D eigenvalue weighted by atomic mass is 10.2. The van der Waals surface area contributed by atoms with Crippen molar-refractivity contribution in [3.8, 4) is 0 Å². The summed E-state index contributed by atoms with van der Waals surface area (Å²) in [4.78, 5) is 0. The first-order valence-electron chi connectivity index (χ1n) is 4.99. The minimum Gasteiger partial charge on any atom is -0.374 e. The predicted molar refractivity (Wildman–Crippen MR) is 62.7 cm³/mol. The van der Waals surface area contributed by atoms with Gasteiger partial charge in [0.15, 0.2) is 0 Å². The lowest BCUT2D eigenvalue weighted by molar-refractivity contribution is 0.0187. The fourth-order valence-corrected chi connectivity index (χ4v) is 1.64. The normalized spacial score (nSPS) is 11.0. The Kier molecular flexibility index (Phi) is 6.52. The first-order chi connectivity index (χ1) is 7.68. The summed E-state index contributed by atoms with van der Waals surface area (Å²) in [5.41, 5.74) is 1.14. The molecule has 0 radical (unpaired) electrons. The van der Waals surface area contributed by atoms with Crippen LogP contribution in [0.25, 0.3) is 0 Å². The van der Waals surface area contributed by atoms with Gasteiger partial charge in [-0.3, -0.25) is 0 Å². The van der Waals surface area contributed by atoms with Crippen molar-refractivity contribution in [2.45, 2.75) is 13.0 Å². The van der Waals surface area contributed by atoms with Crippen LogP contribution in [-0.4, -0.2) is 26.2 Å². The van der Waals surface area contributed by atoms with Crippen LogP contribution in [-0.2, 0) is 11.3 Å². The third-order valence-corrected chi connectivity index (χ3v) is 2.38. The predicted octanol–water partition coefficient (Wildman–Crippen LogP) is 2.82. The molecule has 0 bridgehead atoms. The van der Waals surface area contributed by atoms with Gasteiger partial charge < -0.3 is 10.1 Å². The van der Waals surface area contributed by atoms with Crippen LogP contribution in [0.5, 0.6) is 0 Å². The molecular formula is C11H14BrF2NO. The van der Waals surface area contributed by atoms with Crippen LogP contribution in [0.2, 0.25) is 0 Å². The highest BCUT2D eigenvalue weighted by molar-refractivity contribution is 9.10. The molecular weight excluding hydrogens is 280 g/mol. The smallest absolute Gasteiger partial charge is 0.261 e. The van der Waals surface area contributed by atoms with Gasteiger partial charge in [0, 0.05) is 17.6 Å². The molecule has 1 rings (SSSR count). The van der Waals surface area contributed by atoms with Gasteiger partial charge in [-0.25, -0.2) is 8.78 Å². The molecule has 0 heterocycles. The molecule has 1 N–H and O–H groups in total. The Morgan fingerprint density at radius 3 is 2.88 bits per heavy atom. The Bertz CT molecular complexity index is 310. The summed E-state index contributed by atoms with van der Waals surface area (Å²) in [6.07, 6.45) is -2.38. The molecule has 0 unspecified atom stereocenters. The Morgan fingerprint density at radius 2 is 2.19 bits per heavy atom. The van der Waals surface area contributed by atoms with E-state index >= 15 is 0 Å². The lowest BCUT2D eigenvalue weighted by Crippen LogP contribution is -2.20. The van der Waals surface area contributed by atoms with Gasteiger partial charge in [-0.05, 0) is 17.7 Å². The minimum atomic E-state index is -2.38. The van der Waals surface area contributed by atoms with Gasteiger partial charge in [-0.1, -0.05) is 28.1 Å². The van der Waals surface area contributed by atoms with Crippen LogP contribution in [0.3, 0.4) is 0 Å². The van der Waals surface area contributed by atoms with Gasteiger partial charge in [-0.2, -0.15) is 0 Å². The van der Waals surface area contributed by atoms with E-state index in [1.165, 1.54) is 0 Å². The molecule has 1 aromatic carbocycles. The molecule has 0 atom stereocenters. The van der Waals surface area contributed by atoms with E-state index in [0.29, 0.717) is 19.7 Å². The number of hydrogen-bond donors (Lipinski definition) is 1. The van der Waals surface area contributed by atoms with E-state index in [-0.39, 0.29) is 0 Å². The fraction of sp³-hybridized carbons (Fsp3) is 0.455. The van der Waals surface area contributed by atoms with Crippen LogP contribution in [0, 0.1) is 0 Å². The van der Waals surface area contributed by atoms with Gasteiger partial charge in [0.1, 0.15) is 6.61 Å². The highest BCUT2D eigenvalue weighted by Gasteiger charge is 2.00. The molecule has 16 heavy (non-hydrogen) atoms. The highest BCUT2D eigenvalue weighted by Crippen LogP contribution is 2.11. The van der Waals surface area contributed by atoms with Crippen molar-refractivity contribution in [3.63, 3.8) is 0 Å². The SMILES string of the molecule is FC(F)COCCNCc1cccc(Br)c1. The molecule has 2 nitrogen and oxygen atoms in total. The maximum Gasteiger partial charge on any atom is 0.261 e. The van der Waals surface area contributed by atoms with E-state index in [2.05, 4.69) is 21.2 Å². The Morgan fingerprint density at radius 1 is 1.38 bits per heavy atom. The zero-order valence-corrected chi connectivity index (χ0v) is 10.3. The summed E-state index contributed by atoms with van der Waals surface area (Å²) in [7, 11) is 0. The summed E-state index contributed by atoms with van der Waals surface area (Å²) < 4.78 is 29.2. The number of rotatable bonds is 7. The largest absolute Gasteiger partial charge is 0.374 e. The van der Waals surface area contributed by atoms with Gasteiger partial charge in [-0.15, -0.1) is 0 Å². The van der Waals surface area contributed by atoms with E-state index in [1.807, 2.05) is 24.3 Å². The van der Waals surface area contributed by atoms with E-state index in [1.54, 1.807) is 0 Å². The van der Waals surface area contributed by atoms with Crippen molar-refractivity contribution in [1.82, 2.24) is 5.32 Å². The van der Waals surface area contributed by atoms with Crippen molar-refractivity contribution in [2.75, 3.05) is 19.8 Å². The van der Waals surface area contributed by atoms with Crippen molar-refractivity contribution in [2.24, 2.45) is 0 Å². The van der Waals surface area contributed by atoms with Gasteiger partial charge >= 0.3 is 0 Å². The fourth-order valence-electron chi connectivity index (χ4n) is 1.20. The molecule has 0 aliphatic heterocycles. The molecule has 0 aliphatic rings. The number of ether oxygens (including phenoxy) is 1. The zero-order valence-electron chi connectivity index (χ0n) is 8.76. The maximum absolute atomic E-state index is 11.7. The standard InChI is InChI=1S/C11H14BrF2NO/c12-10-3-1-2-9(6-10)7-15-4-5-16-8-11(13)14/h1-3,6,11,15H,4-5,7-8H2. The van der Waals surface area contributed by atoms with Crippen LogP contribution in [0.15, 0.2) is 28.7 Å². The number of hydrogen-bond acceptors (Lipinski definition) is 2. The van der Waals surface area contributed by atoms with Crippen LogP contribution in [0.1, 0.15) is 5.56 Å². The Balaban J connectivity index is 2.07. The van der Waals surface area contributed by atoms with Gasteiger partial charge in [0.25, 0.3) is 6.43 Å². The molecule has 0 fully saturated rings. The monoisotopic (exact) mass is 293 g/mol. The van der Waals surface area contributed by atoms with Crippen LogP contribution >= 0.6 is 15.9 Å². The molecule has 90 valence electrons. The quantitative estimate of drug-likeness (QED) is 0.781. The highest BCUT2D eigenvalue weighted by atomic mass is 79.9. The Labute approximate surface area is 102 Å². The maximum atomic E-state index is 11.7. The number of halogens is 3. The average molecular weight is 294 g/mol. The number of benzene rings is 1. The molecule has 0 saturated carbocycles. The summed E-state index contributed by atoms with van der Waals surface area (Å²) in [6, 6.07) is 7.91. The van der Waals surface area contributed by atoms with Crippen molar-refractivity contribution in [3.05, 3.63) is 34.3 Å². The number of alkyl halides is 2. The minimum absolute atomic E-state index is 0.304. The topological polar surface area (TPSA) is 21.3 Å². The molecule has 0 aliphatic carbocycles. The lowest BCUT2D eigenvalue weighted by Gasteiger charge is -2.06. The second-order valence-electron chi connectivity index (χ2n) is 3.27. The molecule has 0 amide bonds. The second kappa shape index (κ2) is 7.70.